The molecule has 2 aliphatic heterocycles. The highest BCUT2D eigenvalue weighted by Crippen LogP contribution is 2.20. The second kappa shape index (κ2) is 8.12. The molecule has 0 amide bonds. The zero-order chi connectivity index (χ0) is 14.1. The Morgan fingerprint density at radius 2 is 2.32 bits per heavy atom. The Morgan fingerprint density at radius 3 is 2.74 bits per heavy atom. The minimum absolute atomic E-state index is 0.0446. The third-order valence-corrected chi connectivity index (χ3v) is 2.86. The third kappa shape index (κ3) is 5.57. The van der Waals surface area contributed by atoms with Crippen LogP contribution in [0.3, 0.4) is 0 Å². The van der Waals surface area contributed by atoms with E-state index in [4.69, 9.17) is 9.84 Å². The number of ether oxygens (including phenoxy) is 2. The first-order chi connectivity index (χ1) is 9.11. The number of nitrogens with zero attached hydrogens (tertiary/aromatic N) is 2. The summed E-state index contributed by atoms with van der Waals surface area (Å²) in [5.74, 6) is 0.384. The van der Waals surface area contributed by atoms with Gasteiger partial charge in [-0.2, -0.15) is 0 Å². The van der Waals surface area contributed by atoms with Gasteiger partial charge in [-0.15, -0.1) is 0 Å². The normalized spacial score (nSPS) is 26.0. The van der Waals surface area contributed by atoms with Crippen LogP contribution in [-0.4, -0.2) is 60.5 Å². The summed E-state index contributed by atoms with van der Waals surface area (Å²) in [5.41, 5.74) is -0.553. The summed E-state index contributed by atoms with van der Waals surface area (Å²) >= 11 is 0. The van der Waals surface area contributed by atoms with Gasteiger partial charge in [0.1, 0.15) is 24.9 Å². The zero-order valence-corrected chi connectivity index (χ0v) is 11.7. The molecule has 2 aliphatic rings. The molecule has 0 aromatic heterocycles. The number of aliphatic imine (C=N–C) groups is 2. The summed E-state index contributed by atoms with van der Waals surface area (Å²) in [5, 5.41) is 18.7. The summed E-state index contributed by atoms with van der Waals surface area (Å²) < 4.78 is 9.91. The zero-order valence-electron chi connectivity index (χ0n) is 11.7. The van der Waals surface area contributed by atoms with Gasteiger partial charge in [0.05, 0.1) is 13.2 Å². The van der Waals surface area contributed by atoms with Crippen molar-refractivity contribution in [1.82, 2.24) is 0 Å². The molecule has 2 rings (SSSR count). The molecule has 6 heteroatoms. The minimum atomic E-state index is -0.608. The highest BCUT2D eigenvalue weighted by atomic mass is 16.5. The third-order valence-electron chi connectivity index (χ3n) is 2.86. The Kier molecular flexibility index (Phi) is 6.80. The largest absolute Gasteiger partial charge is 0.482 e. The Balaban J connectivity index is 0.000000300. The van der Waals surface area contributed by atoms with Crippen molar-refractivity contribution in [3.05, 3.63) is 0 Å². The molecule has 0 bridgehead atoms. The molecule has 19 heavy (non-hydrogen) atoms. The molecule has 0 saturated heterocycles. The average molecular weight is 272 g/mol. The quantitative estimate of drug-likeness (QED) is 0.774. The first-order valence-electron chi connectivity index (χ1n) is 6.72. The van der Waals surface area contributed by atoms with Gasteiger partial charge in [-0.25, -0.2) is 4.99 Å². The van der Waals surface area contributed by atoms with Crippen LogP contribution in [0.15, 0.2) is 9.98 Å². The lowest BCUT2D eigenvalue weighted by Crippen LogP contribution is -2.28. The maximum atomic E-state index is 9.67. The molecule has 2 unspecified atom stereocenters. The van der Waals surface area contributed by atoms with Crippen molar-refractivity contribution >= 4 is 12.3 Å². The Morgan fingerprint density at radius 1 is 1.53 bits per heavy atom. The molecule has 2 N–H and O–H groups in total. The van der Waals surface area contributed by atoms with Crippen molar-refractivity contribution in [2.45, 2.75) is 44.8 Å². The van der Waals surface area contributed by atoms with Crippen molar-refractivity contribution in [2.75, 3.05) is 26.4 Å². The molecule has 0 saturated carbocycles. The molecule has 0 radical (unpaired) electrons. The molecule has 0 spiro atoms. The van der Waals surface area contributed by atoms with Crippen LogP contribution in [0, 0.1) is 0 Å². The molecule has 2 heterocycles. The highest BCUT2D eigenvalue weighted by molar-refractivity contribution is 5.82. The lowest BCUT2D eigenvalue weighted by molar-refractivity contribution is 0.153. The van der Waals surface area contributed by atoms with Crippen LogP contribution in [0.5, 0.6) is 0 Å². The van der Waals surface area contributed by atoms with Gasteiger partial charge < -0.3 is 19.7 Å². The van der Waals surface area contributed by atoms with Crippen LogP contribution < -0.4 is 0 Å². The second-order valence-electron chi connectivity index (χ2n) is 4.93. The van der Waals surface area contributed by atoms with E-state index in [1.807, 2.05) is 6.92 Å². The first-order valence-corrected chi connectivity index (χ1v) is 6.72. The molecule has 0 aromatic carbocycles. The molecular formula is C13H24N2O4. The van der Waals surface area contributed by atoms with Crippen molar-refractivity contribution < 1.29 is 19.7 Å². The van der Waals surface area contributed by atoms with E-state index in [1.54, 1.807) is 0 Å². The topological polar surface area (TPSA) is 83.6 Å². The molecule has 0 fully saturated rings. The van der Waals surface area contributed by atoms with E-state index >= 15 is 0 Å². The minimum Gasteiger partial charge on any atom is -0.482 e. The summed E-state index contributed by atoms with van der Waals surface area (Å²) in [7, 11) is 0. The average Bonchev–Trinajstić information content (AvgIpc) is 3.09. The standard InChI is InChI=1S/C10H19NO3.C3H5NO/c1-3-4-5-8(13)9-11-10(2,6-12)7-14-9;1-2-5-3-4-1/h8,12-13H,3-7H2,1-2H3;3H,1-2H2. The van der Waals surface area contributed by atoms with Gasteiger partial charge in [0, 0.05) is 0 Å². The smallest absolute Gasteiger partial charge is 0.213 e. The first kappa shape index (κ1) is 15.9. The van der Waals surface area contributed by atoms with Gasteiger partial charge in [-0.05, 0) is 13.3 Å². The molecular weight excluding hydrogens is 248 g/mol. The lowest BCUT2D eigenvalue weighted by atomic mass is 10.1. The predicted octanol–water partition coefficient (Wildman–Crippen LogP) is 0.762. The Hall–Kier alpha value is -1.14. The monoisotopic (exact) mass is 272 g/mol. The van der Waals surface area contributed by atoms with Crippen LogP contribution in [0.4, 0.5) is 0 Å². The fourth-order valence-corrected chi connectivity index (χ4v) is 1.60. The van der Waals surface area contributed by atoms with Crippen LogP contribution in [0.25, 0.3) is 0 Å². The SMILES string of the molecule is C1=NCCO1.CCCCC(O)C1=NC(C)(CO)CO1. The maximum absolute atomic E-state index is 9.67. The van der Waals surface area contributed by atoms with E-state index in [0.29, 0.717) is 18.9 Å². The van der Waals surface area contributed by atoms with Gasteiger partial charge in [0.2, 0.25) is 5.90 Å². The van der Waals surface area contributed by atoms with Crippen LogP contribution in [0.1, 0.15) is 33.1 Å². The van der Waals surface area contributed by atoms with E-state index in [0.717, 1.165) is 26.0 Å². The molecule has 2 atom stereocenters. The van der Waals surface area contributed by atoms with Crippen molar-refractivity contribution in [3.63, 3.8) is 0 Å². The van der Waals surface area contributed by atoms with E-state index in [9.17, 15) is 5.11 Å². The number of aliphatic hydroxyl groups excluding tert-OH is 2. The van der Waals surface area contributed by atoms with E-state index < -0.39 is 11.6 Å². The van der Waals surface area contributed by atoms with Crippen molar-refractivity contribution in [2.24, 2.45) is 9.98 Å². The summed E-state index contributed by atoms with van der Waals surface area (Å²) in [6, 6.07) is 0. The number of unbranched alkanes of at least 4 members (excludes halogenated alkanes) is 1. The molecule has 0 aromatic rings. The number of hydrogen-bond donors (Lipinski definition) is 2. The second-order valence-corrected chi connectivity index (χ2v) is 4.93. The number of aliphatic hydroxyl groups is 2. The summed E-state index contributed by atoms with van der Waals surface area (Å²) in [6.45, 7) is 5.83. The van der Waals surface area contributed by atoms with Crippen molar-refractivity contribution in [1.29, 1.82) is 0 Å². The van der Waals surface area contributed by atoms with Gasteiger partial charge >= 0.3 is 0 Å². The van der Waals surface area contributed by atoms with Gasteiger partial charge in [0.25, 0.3) is 0 Å². The highest BCUT2D eigenvalue weighted by Gasteiger charge is 2.33. The Labute approximate surface area is 114 Å². The van der Waals surface area contributed by atoms with Gasteiger partial charge in [-0.1, -0.05) is 19.8 Å². The fourth-order valence-electron chi connectivity index (χ4n) is 1.60. The van der Waals surface area contributed by atoms with Crippen LogP contribution >= 0.6 is 0 Å². The van der Waals surface area contributed by atoms with Crippen molar-refractivity contribution in [3.8, 4) is 0 Å². The number of hydrogen-bond acceptors (Lipinski definition) is 6. The summed E-state index contributed by atoms with van der Waals surface area (Å²) in [4.78, 5) is 7.92. The predicted molar refractivity (Wildman–Crippen MR) is 73.7 cm³/mol. The van der Waals surface area contributed by atoms with Gasteiger partial charge in [-0.3, -0.25) is 4.99 Å². The van der Waals surface area contributed by atoms with E-state index in [1.165, 1.54) is 6.40 Å². The maximum Gasteiger partial charge on any atom is 0.213 e. The molecule has 6 nitrogen and oxygen atoms in total. The van der Waals surface area contributed by atoms with Gasteiger partial charge in [0.15, 0.2) is 6.40 Å². The van der Waals surface area contributed by atoms with Crippen LogP contribution in [-0.2, 0) is 9.47 Å². The molecule has 0 aliphatic carbocycles. The fraction of sp³-hybridized carbons (Fsp3) is 0.846. The number of rotatable bonds is 5. The summed E-state index contributed by atoms with van der Waals surface area (Å²) in [6.07, 6.45) is 3.56. The van der Waals surface area contributed by atoms with E-state index in [-0.39, 0.29) is 6.61 Å². The van der Waals surface area contributed by atoms with Crippen LogP contribution in [0.2, 0.25) is 0 Å². The lowest BCUT2D eigenvalue weighted by Gasteiger charge is -2.12. The Bertz CT molecular complexity index is 314. The van der Waals surface area contributed by atoms with E-state index in [2.05, 4.69) is 21.6 Å². The molecule has 110 valence electrons.